The predicted octanol–water partition coefficient (Wildman–Crippen LogP) is 2.45. The van der Waals surface area contributed by atoms with Gasteiger partial charge in [0.15, 0.2) is 0 Å². The Hall–Kier alpha value is -1.06. The molecule has 0 aliphatic rings. The summed E-state index contributed by atoms with van der Waals surface area (Å²) in [6.45, 7) is 3.79. The zero-order valence-corrected chi connectivity index (χ0v) is 10.3. The monoisotopic (exact) mass is 230 g/mol. The van der Waals surface area contributed by atoms with E-state index in [-0.39, 0.29) is 25.2 Å². The van der Waals surface area contributed by atoms with E-state index in [1.54, 1.807) is 0 Å². The molecule has 4 heteroatoms. The van der Waals surface area contributed by atoms with Crippen molar-refractivity contribution >= 4 is 11.9 Å². The third-order valence-electron chi connectivity index (χ3n) is 2.14. The maximum Gasteiger partial charge on any atom is 0.305 e. The number of ether oxygens (including phenoxy) is 2. The van der Waals surface area contributed by atoms with E-state index in [9.17, 15) is 9.59 Å². The summed E-state index contributed by atoms with van der Waals surface area (Å²) in [6.07, 6.45) is 6.02. The van der Waals surface area contributed by atoms with Crippen LogP contribution in [0.1, 0.15) is 52.4 Å². The molecule has 0 aromatic rings. The Bertz CT molecular complexity index is 201. The lowest BCUT2D eigenvalue weighted by Gasteiger charge is -2.04. The molecule has 0 aromatic heterocycles. The second kappa shape index (κ2) is 10.5. The fourth-order valence-electron chi connectivity index (χ4n) is 1.29. The van der Waals surface area contributed by atoms with Crippen LogP contribution in [0.2, 0.25) is 0 Å². The van der Waals surface area contributed by atoms with Gasteiger partial charge < -0.3 is 9.47 Å². The quantitative estimate of drug-likeness (QED) is 0.451. The van der Waals surface area contributed by atoms with Gasteiger partial charge in [-0.2, -0.15) is 0 Å². The minimum absolute atomic E-state index is 0.150. The van der Waals surface area contributed by atoms with E-state index < -0.39 is 0 Å². The first-order valence-electron chi connectivity index (χ1n) is 5.95. The van der Waals surface area contributed by atoms with Crippen molar-refractivity contribution in [2.24, 2.45) is 0 Å². The van der Waals surface area contributed by atoms with Crippen LogP contribution in [-0.4, -0.2) is 25.2 Å². The van der Waals surface area contributed by atoms with E-state index in [4.69, 9.17) is 4.74 Å². The molecule has 0 saturated heterocycles. The summed E-state index contributed by atoms with van der Waals surface area (Å²) in [4.78, 5) is 21.6. The summed E-state index contributed by atoms with van der Waals surface area (Å²) in [5.41, 5.74) is 0. The largest absolute Gasteiger partial charge is 0.462 e. The third kappa shape index (κ3) is 11.0. The lowest BCUT2D eigenvalue weighted by atomic mass is 10.1. The van der Waals surface area contributed by atoms with Crippen molar-refractivity contribution in [3.05, 3.63) is 0 Å². The summed E-state index contributed by atoms with van der Waals surface area (Å²) in [7, 11) is 0. The molecule has 0 spiro atoms. The van der Waals surface area contributed by atoms with Crippen molar-refractivity contribution in [1.29, 1.82) is 0 Å². The Labute approximate surface area is 97.3 Å². The second-order valence-corrected chi connectivity index (χ2v) is 3.72. The van der Waals surface area contributed by atoms with Gasteiger partial charge in [0.25, 0.3) is 0 Å². The van der Waals surface area contributed by atoms with Crippen LogP contribution in [0, 0.1) is 0 Å². The average molecular weight is 230 g/mol. The maximum atomic E-state index is 11.2. The fraction of sp³-hybridized carbons (Fsp3) is 0.833. The van der Waals surface area contributed by atoms with Gasteiger partial charge in [-0.3, -0.25) is 9.59 Å². The first-order valence-corrected chi connectivity index (χ1v) is 5.95. The van der Waals surface area contributed by atoms with Crippen LogP contribution in [-0.2, 0) is 19.1 Å². The van der Waals surface area contributed by atoms with Gasteiger partial charge in [-0.05, 0) is 6.42 Å². The number of hydrogen-bond donors (Lipinski definition) is 0. The van der Waals surface area contributed by atoms with Crippen LogP contribution in [0.3, 0.4) is 0 Å². The summed E-state index contributed by atoms with van der Waals surface area (Å²) in [5.74, 6) is -0.556. The summed E-state index contributed by atoms with van der Waals surface area (Å²) in [6, 6.07) is 0. The van der Waals surface area contributed by atoms with Crippen molar-refractivity contribution in [2.75, 3.05) is 13.2 Å². The molecule has 0 rings (SSSR count). The Kier molecular flexibility index (Phi) is 9.76. The van der Waals surface area contributed by atoms with Crippen molar-refractivity contribution < 1.29 is 19.1 Å². The highest BCUT2D eigenvalue weighted by molar-refractivity contribution is 5.69. The minimum Gasteiger partial charge on any atom is -0.462 e. The molecule has 0 N–H and O–H groups in total. The van der Waals surface area contributed by atoms with Gasteiger partial charge in [-0.15, -0.1) is 0 Å². The molecule has 0 fully saturated rings. The molecule has 0 amide bonds. The highest BCUT2D eigenvalue weighted by Gasteiger charge is 2.02. The number of carbonyl (C=O) groups is 2. The number of hydrogen-bond acceptors (Lipinski definition) is 4. The smallest absolute Gasteiger partial charge is 0.305 e. The van der Waals surface area contributed by atoms with Gasteiger partial charge in [0, 0.05) is 13.3 Å². The van der Waals surface area contributed by atoms with Crippen molar-refractivity contribution in [3.8, 4) is 0 Å². The number of esters is 2. The van der Waals surface area contributed by atoms with Crippen LogP contribution in [0.25, 0.3) is 0 Å². The van der Waals surface area contributed by atoms with Gasteiger partial charge in [-0.25, -0.2) is 0 Å². The molecular weight excluding hydrogens is 208 g/mol. The Morgan fingerprint density at radius 3 is 2.19 bits per heavy atom. The molecule has 0 aliphatic heterocycles. The maximum absolute atomic E-state index is 11.2. The Morgan fingerprint density at radius 1 is 0.938 bits per heavy atom. The van der Waals surface area contributed by atoms with E-state index in [0.717, 1.165) is 12.8 Å². The molecule has 0 radical (unpaired) electrons. The van der Waals surface area contributed by atoms with Crippen LogP contribution in [0.4, 0.5) is 0 Å². The van der Waals surface area contributed by atoms with Gasteiger partial charge in [0.05, 0.1) is 0 Å². The van der Waals surface area contributed by atoms with Crippen molar-refractivity contribution in [1.82, 2.24) is 0 Å². The van der Waals surface area contributed by atoms with Crippen molar-refractivity contribution in [3.63, 3.8) is 0 Å². The molecule has 0 aliphatic carbocycles. The zero-order chi connectivity index (χ0) is 12.2. The van der Waals surface area contributed by atoms with E-state index in [0.29, 0.717) is 6.42 Å². The van der Waals surface area contributed by atoms with Crippen molar-refractivity contribution in [2.45, 2.75) is 52.4 Å². The molecule has 16 heavy (non-hydrogen) atoms. The standard InChI is InChI=1S/C12H22O4/c1-3-4-5-6-7-8-12(14)16-10-9-15-11(2)13/h3-10H2,1-2H3. The summed E-state index contributed by atoms with van der Waals surface area (Å²) < 4.78 is 9.52. The van der Waals surface area contributed by atoms with E-state index in [1.807, 2.05) is 0 Å². The molecule has 94 valence electrons. The zero-order valence-electron chi connectivity index (χ0n) is 10.3. The summed E-state index contributed by atoms with van der Waals surface area (Å²) >= 11 is 0. The van der Waals surface area contributed by atoms with E-state index in [1.165, 1.54) is 26.2 Å². The van der Waals surface area contributed by atoms with Gasteiger partial charge in [0.1, 0.15) is 13.2 Å². The van der Waals surface area contributed by atoms with Crippen LogP contribution < -0.4 is 0 Å². The van der Waals surface area contributed by atoms with Gasteiger partial charge in [0.2, 0.25) is 0 Å². The lowest BCUT2D eigenvalue weighted by Crippen LogP contribution is -2.12. The van der Waals surface area contributed by atoms with E-state index >= 15 is 0 Å². The highest BCUT2D eigenvalue weighted by atomic mass is 16.6. The molecular formula is C12H22O4. The molecule has 0 aromatic carbocycles. The second-order valence-electron chi connectivity index (χ2n) is 3.72. The SMILES string of the molecule is CCCCCCCC(=O)OCCOC(C)=O. The topological polar surface area (TPSA) is 52.6 Å². The molecule has 4 nitrogen and oxygen atoms in total. The first-order chi connectivity index (χ1) is 7.66. The molecule has 0 saturated carbocycles. The van der Waals surface area contributed by atoms with Crippen LogP contribution in [0.15, 0.2) is 0 Å². The highest BCUT2D eigenvalue weighted by Crippen LogP contribution is 2.05. The van der Waals surface area contributed by atoms with Gasteiger partial charge >= 0.3 is 11.9 Å². The number of rotatable bonds is 9. The molecule has 0 atom stereocenters. The molecule has 0 heterocycles. The minimum atomic E-state index is -0.351. The average Bonchev–Trinajstić information content (AvgIpc) is 2.24. The van der Waals surface area contributed by atoms with E-state index in [2.05, 4.69) is 11.7 Å². The predicted molar refractivity (Wildman–Crippen MR) is 61.0 cm³/mol. The normalized spacial score (nSPS) is 9.88. The number of carbonyl (C=O) groups excluding carboxylic acids is 2. The lowest BCUT2D eigenvalue weighted by molar-refractivity contribution is -0.151. The molecule has 0 bridgehead atoms. The Morgan fingerprint density at radius 2 is 1.56 bits per heavy atom. The fourth-order valence-corrected chi connectivity index (χ4v) is 1.29. The first kappa shape index (κ1) is 14.9. The number of unbranched alkanes of at least 4 members (excludes halogenated alkanes) is 4. The third-order valence-corrected chi connectivity index (χ3v) is 2.14. The Balaban J connectivity index is 3.21. The summed E-state index contributed by atoms with van der Waals surface area (Å²) in [5, 5.41) is 0. The van der Waals surface area contributed by atoms with Crippen LogP contribution in [0.5, 0.6) is 0 Å². The van der Waals surface area contributed by atoms with Gasteiger partial charge in [-0.1, -0.05) is 32.6 Å². The molecule has 0 unspecified atom stereocenters. The van der Waals surface area contributed by atoms with Crippen LogP contribution >= 0.6 is 0 Å².